The molecule has 0 spiro atoms. The van der Waals surface area contributed by atoms with Crippen LogP contribution in [0.25, 0.3) is 16.6 Å². The van der Waals surface area contributed by atoms with E-state index in [1.54, 1.807) is 22.7 Å². The van der Waals surface area contributed by atoms with Crippen molar-refractivity contribution in [1.82, 2.24) is 24.9 Å². The van der Waals surface area contributed by atoms with Gasteiger partial charge in [-0.15, -0.1) is 0 Å². The molecule has 5 rings (SSSR count). The second-order valence-electron chi connectivity index (χ2n) is 7.98. The second-order valence-corrected chi connectivity index (χ2v) is 7.98. The van der Waals surface area contributed by atoms with Gasteiger partial charge in [0.05, 0.1) is 11.2 Å². The third kappa shape index (κ3) is 4.49. The fraction of sp³-hybridized carbons (Fsp3) is 0.292. The zero-order chi connectivity index (χ0) is 22.8. The molecule has 0 atom stereocenters. The summed E-state index contributed by atoms with van der Waals surface area (Å²) >= 11 is 0. The zero-order valence-electron chi connectivity index (χ0n) is 18.2. The van der Waals surface area contributed by atoms with Crippen molar-refractivity contribution in [3.05, 3.63) is 71.8 Å². The van der Waals surface area contributed by atoms with Crippen molar-refractivity contribution in [1.29, 1.82) is 0 Å². The molecule has 0 aliphatic carbocycles. The van der Waals surface area contributed by atoms with Crippen LogP contribution in [0.5, 0.6) is 5.75 Å². The molecule has 9 heteroatoms. The van der Waals surface area contributed by atoms with E-state index in [4.69, 9.17) is 4.74 Å². The van der Waals surface area contributed by atoms with Gasteiger partial charge >= 0.3 is 6.61 Å². The molecule has 0 radical (unpaired) electrons. The van der Waals surface area contributed by atoms with Crippen molar-refractivity contribution < 1.29 is 13.5 Å². The lowest BCUT2D eigenvalue weighted by atomic mass is 10.0. The molecule has 4 aromatic rings. The van der Waals surface area contributed by atoms with Crippen LogP contribution in [0, 0.1) is 6.92 Å². The van der Waals surface area contributed by atoms with E-state index in [-0.39, 0.29) is 5.75 Å². The summed E-state index contributed by atoms with van der Waals surface area (Å²) in [6, 6.07) is 10.9. The summed E-state index contributed by atoms with van der Waals surface area (Å²) in [4.78, 5) is 11.3. The molecule has 3 aromatic heterocycles. The number of hydrogen-bond acceptors (Lipinski definition) is 6. The predicted octanol–water partition coefficient (Wildman–Crippen LogP) is 3.70. The van der Waals surface area contributed by atoms with Crippen molar-refractivity contribution >= 4 is 11.5 Å². The van der Waals surface area contributed by atoms with Gasteiger partial charge in [0, 0.05) is 62.3 Å². The number of aryl methyl sites for hydroxylation is 1. The van der Waals surface area contributed by atoms with Crippen LogP contribution in [0.2, 0.25) is 0 Å². The van der Waals surface area contributed by atoms with Gasteiger partial charge in [0.25, 0.3) is 0 Å². The highest BCUT2D eigenvalue weighted by molar-refractivity contribution is 5.71. The number of anilines is 1. The van der Waals surface area contributed by atoms with Crippen LogP contribution in [0.15, 0.2) is 55.0 Å². The first-order valence-electron chi connectivity index (χ1n) is 10.9. The number of aromatic nitrogens is 4. The van der Waals surface area contributed by atoms with E-state index in [2.05, 4.69) is 25.3 Å². The Balaban J connectivity index is 1.46. The maximum Gasteiger partial charge on any atom is 0.387 e. The van der Waals surface area contributed by atoms with Gasteiger partial charge in [-0.1, -0.05) is 18.2 Å². The standard InChI is InChI=1S/C24H24F2N6O/c1-16-20(12-18-4-2-3-5-22(18)33-23(25)26)21-13-17(6-9-32(21)30-16)19-14-28-24(29-15-19)31-10-7-27-8-11-31/h2-6,9,13-15,23,27H,7-8,10-12H2,1H3. The summed E-state index contributed by atoms with van der Waals surface area (Å²) in [6.45, 7) is 2.69. The summed E-state index contributed by atoms with van der Waals surface area (Å²) in [6.07, 6.45) is 6.00. The van der Waals surface area contributed by atoms with Crippen molar-refractivity contribution in [3.63, 3.8) is 0 Å². The van der Waals surface area contributed by atoms with Crippen LogP contribution in [-0.2, 0) is 6.42 Å². The Labute approximate surface area is 190 Å². The minimum Gasteiger partial charge on any atom is -0.435 e. The van der Waals surface area contributed by atoms with E-state index in [1.807, 2.05) is 43.7 Å². The molecule has 1 saturated heterocycles. The van der Waals surface area contributed by atoms with Gasteiger partial charge in [-0.3, -0.25) is 0 Å². The van der Waals surface area contributed by atoms with Crippen LogP contribution in [0.4, 0.5) is 14.7 Å². The number of nitrogens with zero attached hydrogens (tertiary/aromatic N) is 5. The summed E-state index contributed by atoms with van der Waals surface area (Å²) < 4.78 is 32.2. The van der Waals surface area contributed by atoms with E-state index in [0.29, 0.717) is 12.0 Å². The number of fused-ring (bicyclic) bond motifs is 1. The summed E-state index contributed by atoms with van der Waals surface area (Å²) in [5.74, 6) is 0.914. The largest absolute Gasteiger partial charge is 0.435 e. The Morgan fingerprint density at radius 1 is 1.06 bits per heavy atom. The molecule has 170 valence electrons. The molecule has 1 aliphatic heterocycles. The maximum atomic E-state index is 12.8. The summed E-state index contributed by atoms with van der Waals surface area (Å²) in [7, 11) is 0. The van der Waals surface area contributed by atoms with E-state index in [0.717, 1.165) is 60.0 Å². The Morgan fingerprint density at radius 2 is 1.82 bits per heavy atom. The first-order valence-corrected chi connectivity index (χ1v) is 10.9. The lowest BCUT2D eigenvalue weighted by Crippen LogP contribution is -2.44. The van der Waals surface area contributed by atoms with Gasteiger partial charge in [-0.2, -0.15) is 13.9 Å². The first kappa shape index (κ1) is 21.3. The molecular weight excluding hydrogens is 426 g/mol. The molecular formula is C24H24F2N6O. The topological polar surface area (TPSA) is 67.6 Å². The van der Waals surface area contributed by atoms with E-state index in [9.17, 15) is 8.78 Å². The monoisotopic (exact) mass is 450 g/mol. The molecule has 0 saturated carbocycles. The molecule has 33 heavy (non-hydrogen) atoms. The number of hydrogen-bond donors (Lipinski definition) is 1. The predicted molar refractivity (Wildman–Crippen MR) is 122 cm³/mol. The molecule has 1 aliphatic rings. The first-order chi connectivity index (χ1) is 16.1. The van der Waals surface area contributed by atoms with Crippen molar-refractivity contribution in [3.8, 4) is 16.9 Å². The molecule has 1 N–H and O–H groups in total. The van der Waals surface area contributed by atoms with Crippen molar-refractivity contribution in [2.45, 2.75) is 20.0 Å². The van der Waals surface area contributed by atoms with Crippen LogP contribution in [-0.4, -0.2) is 52.4 Å². The van der Waals surface area contributed by atoms with Crippen LogP contribution >= 0.6 is 0 Å². The number of nitrogens with one attached hydrogen (secondary N) is 1. The number of piperazine rings is 1. The van der Waals surface area contributed by atoms with E-state index >= 15 is 0 Å². The number of ether oxygens (including phenoxy) is 1. The maximum absolute atomic E-state index is 12.8. The fourth-order valence-electron chi connectivity index (χ4n) is 4.16. The minimum absolute atomic E-state index is 0.180. The van der Waals surface area contributed by atoms with Gasteiger partial charge in [0.15, 0.2) is 0 Å². The van der Waals surface area contributed by atoms with Crippen molar-refractivity contribution in [2.75, 3.05) is 31.1 Å². The molecule has 0 amide bonds. The minimum atomic E-state index is -2.87. The van der Waals surface area contributed by atoms with Crippen LogP contribution in [0.1, 0.15) is 16.8 Å². The highest BCUT2D eigenvalue weighted by Gasteiger charge is 2.16. The molecule has 0 unspecified atom stereocenters. The number of alkyl halides is 2. The van der Waals surface area contributed by atoms with Crippen LogP contribution in [0.3, 0.4) is 0 Å². The van der Waals surface area contributed by atoms with Gasteiger partial charge in [-0.05, 0) is 36.2 Å². The van der Waals surface area contributed by atoms with Gasteiger partial charge in [0.2, 0.25) is 5.95 Å². The Bertz CT molecular complexity index is 1250. The van der Waals surface area contributed by atoms with Crippen LogP contribution < -0.4 is 15.0 Å². The van der Waals surface area contributed by atoms with E-state index < -0.39 is 6.61 Å². The zero-order valence-corrected chi connectivity index (χ0v) is 18.2. The number of rotatable bonds is 6. The SMILES string of the molecule is Cc1nn2ccc(-c3cnc(N4CCNCC4)nc3)cc2c1Cc1ccccc1OC(F)F. The van der Waals surface area contributed by atoms with Gasteiger partial charge in [-0.25, -0.2) is 14.5 Å². The number of halogens is 2. The Morgan fingerprint density at radius 3 is 2.58 bits per heavy atom. The quantitative estimate of drug-likeness (QED) is 0.483. The van der Waals surface area contributed by atoms with Gasteiger partial charge < -0.3 is 15.0 Å². The average molecular weight is 450 g/mol. The smallest absolute Gasteiger partial charge is 0.387 e. The third-order valence-electron chi connectivity index (χ3n) is 5.87. The Kier molecular flexibility index (Phi) is 5.87. The molecule has 7 nitrogen and oxygen atoms in total. The second kappa shape index (κ2) is 9.11. The number of para-hydroxylation sites is 1. The molecule has 1 aromatic carbocycles. The Hall–Kier alpha value is -3.59. The lowest BCUT2D eigenvalue weighted by Gasteiger charge is -2.27. The van der Waals surface area contributed by atoms with E-state index in [1.165, 1.54) is 0 Å². The molecule has 1 fully saturated rings. The lowest BCUT2D eigenvalue weighted by molar-refractivity contribution is -0.0503. The third-order valence-corrected chi connectivity index (χ3v) is 5.87. The average Bonchev–Trinajstić information content (AvgIpc) is 3.15. The normalized spacial score (nSPS) is 14.2. The highest BCUT2D eigenvalue weighted by atomic mass is 19.3. The molecule has 4 heterocycles. The van der Waals surface area contributed by atoms with Gasteiger partial charge in [0.1, 0.15) is 5.75 Å². The van der Waals surface area contributed by atoms with Crippen molar-refractivity contribution in [2.24, 2.45) is 0 Å². The number of pyridine rings is 1. The summed E-state index contributed by atoms with van der Waals surface area (Å²) in [5.41, 5.74) is 5.26. The summed E-state index contributed by atoms with van der Waals surface area (Å²) in [5, 5.41) is 7.92. The molecule has 0 bridgehead atoms. The fourth-order valence-corrected chi connectivity index (χ4v) is 4.16. The number of benzene rings is 1. The highest BCUT2D eigenvalue weighted by Crippen LogP contribution is 2.29.